The summed E-state index contributed by atoms with van der Waals surface area (Å²) < 4.78 is 1.21. The van der Waals surface area contributed by atoms with E-state index >= 15 is 0 Å². The molecule has 0 saturated carbocycles. The maximum Gasteiger partial charge on any atom is 0.267 e. The van der Waals surface area contributed by atoms with Crippen molar-refractivity contribution in [3.63, 3.8) is 0 Å². The van der Waals surface area contributed by atoms with E-state index in [1.165, 1.54) is 10.7 Å². The van der Waals surface area contributed by atoms with Crippen LogP contribution in [-0.4, -0.2) is 33.7 Å². The molecule has 5 nitrogen and oxygen atoms in total. The number of carbonyl (C=O) groups is 1. The molecule has 0 atom stereocenters. The highest BCUT2D eigenvalue weighted by Crippen LogP contribution is 2.24. The maximum atomic E-state index is 12.2. The lowest BCUT2D eigenvalue weighted by Crippen LogP contribution is -2.35. The van der Waals surface area contributed by atoms with E-state index in [1.807, 2.05) is 18.2 Å². The molecule has 1 fully saturated rings. The van der Waals surface area contributed by atoms with Crippen LogP contribution in [0.2, 0.25) is 5.02 Å². The van der Waals surface area contributed by atoms with Crippen LogP contribution >= 0.6 is 11.6 Å². The van der Waals surface area contributed by atoms with Crippen LogP contribution in [0.15, 0.2) is 41.2 Å². The van der Waals surface area contributed by atoms with Gasteiger partial charge in [0.25, 0.3) is 5.56 Å². The summed E-state index contributed by atoms with van der Waals surface area (Å²) in [5.74, 6) is -0.0663. The fourth-order valence-corrected chi connectivity index (χ4v) is 2.80. The zero-order chi connectivity index (χ0) is 15.5. The average Bonchev–Trinajstić information content (AvgIpc) is 3.04. The molecule has 1 amide bonds. The molecule has 1 aliphatic rings. The number of hydrogen-bond acceptors (Lipinski definition) is 3. The average molecular weight is 318 g/mol. The van der Waals surface area contributed by atoms with Crippen LogP contribution in [0.3, 0.4) is 0 Å². The maximum absolute atomic E-state index is 12.2. The van der Waals surface area contributed by atoms with Gasteiger partial charge < -0.3 is 4.90 Å². The van der Waals surface area contributed by atoms with E-state index in [9.17, 15) is 9.59 Å². The summed E-state index contributed by atoms with van der Waals surface area (Å²) in [4.78, 5) is 25.9. The van der Waals surface area contributed by atoms with Gasteiger partial charge in [0, 0.05) is 24.7 Å². The van der Waals surface area contributed by atoms with Crippen molar-refractivity contribution in [1.29, 1.82) is 0 Å². The Labute approximate surface area is 133 Å². The highest BCUT2D eigenvalue weighted by molar-refractivity contribution is 6.33. The van der Waals surface area contributed by atoms with Gasteiger partial charge in [0.1, 0.15) is 6.54 Å². The number of rotatable bonds is 3. The van der Waals surface area contributed by atoms with Crippen molar-refractivity contribution < 1.29 is 4.79 Å². The van der Waals surface area contributed by atoms with Gasteiger partial charge in [0.05, 0.1) is 10.7 Å². The third-order valence-electron chi connectivity index (χ3n) is 3.76. The second kappa shape index (κ2) is 6.32. The van der Waals surface area contributed by atoms with Gasteiger partial charge in [-0.15, -0.1) is 0 Å². The van der Waals surface area contributed by atoms with Gasteiger partial charge in [-0.05, 0) is 25.0 Å². The summed E-state index contributed by atoms with van der Waals surface area (Å²) in [5.41, 5.74) is 1.04. The molecule has 1 aliphatic heterocycles. The Morgan fingerprint density at radius 1 is 1.14 bits per heavy atom. The molecule has 0 unspecified atom stereocenters. The Morgan fingerprint density at radius 3 is 2.59 bits per heavy atom. The van der Waals surface area contributed by atoms with Gasteiger partial charge in [-0.2, -0.15) is 5.10 Å². The van der Waals surface area contributed by atoms with E-state index in [4.69, 9.17) is 11.6 Å². The van der Waals surface area contributed by atoms with E-state index in [0.717, 1.165) is 31.5 Å². The van der Waals surface area contributed by atoms with Gasteiger partial charge in [-0.1, -0.05) is 29.8 Å². The van der Waals surface area contributed by atoms with Gasteiger partial charge in [-0.3, -0.25) is 9.59 Å². The molecule has 2 aromatic rings. The summed E-state index contributed by atoms with van der Waals surface area (Å²) in [6, 6.07) is 10.3. The van der Waals surface area contributed by atoms with Crippen molar-refractivity contribution in [2.24, 2.45) is 0 Å². The quantitative estimate of drug-likeness (QED) is 0.872. The first-order valence-electron chi connectivity index (χ1n) is 7.26. The lowest BCUT2D eigenvalue weighted by atomic mass is 10.1. The van der Waals surface area contributed by atoms with E-state index in [-0.39, 0.29) is 18.0 Å². The minimum atomic E-state index is -0.289. The van der Waals surface area contributed by atoms with Gasteiger partial charge in [0.2, 0.25) is 5.91 Å². The molecular formula is C16H16ClN3O2. The normalized spacial score (nSPS) is 14.3. The fraction of sp³-hybridized carbons (Fsp3) is 0.312. The first kappa shape index (κ1) is 14.8. The van der Waals surface area contributed by atoms with Crippen molar-refractivity contribution in [2.75, 3.05) is 13.1 Å². The molecule has 1 aromatic carbocycles. The highest BCUT2D eigenvalue weighted by atomic mass is 35.5. The SMILES string of the molecule is O=C(Cn1nc(-c2ccccc2Cl)ccc1=O)N1CCCC1. The predicted molar refractivity (Wildman–Crippen MR) is 84.8 cm³/mol. The van der Waals surface area contributed by atoms with E-state index in [2.05, 4.69) is 5.10 Å². The second-order valence-corrected chi connectivity index (χ2v) is 5.69. The zero-order valence-electron chi connectivity index (χ0n) is 12.0. The third-order valence-corrected chi connectivity index (χ3v) is 4.09. The Balaban J connectivity index is 1.89. The number of amides is 1. The Hall–Kier alpha value is -2.14. The molecular weight excluding hydrogens is 302 g/mol. The number of benzene rings is 1. The van der Waals surface area contributed by atoms with Crippen molar-refractivity contribution in [2.45, 2.75) is 19.4 Å². The van der Waals surface area contributed by atoms with Gasteiger partial charge in [-0.25, -0.2) is 4.68 Å². The van der Waals surface area contributed by atoms with Crippen LogP contribution < -0.4 is 5.56 Å². The van der Waals surface area contributed by atoms with Crippen molar-refractivity contribution in [3.05, 3.63) is 51.8 Å². The number of carbonyl (C=O) groups excluding carboxylic acids is 1. The number of aromatic nitrogens is 2. The minimum Gasteiger partial charge on any atom is -0.341 e. The topological polar surface area (TPSA) is 55.2 Å². The summed E-state index contributed by atoms with van der Waals surface area (Å²) in [5, 5.41) is 4.85. The lowest BCUT2D eigenvalue weighted by molar-refractivity contribution is -0.131. The van der Waals surface area contributed by atoms with Crippen LogP contribution in [0.25, 0.3) is 11.3 Å². The van der Waals surface area contributed by atoms with Crippen LogP contribution in [-0.2, 0) is 11.3 Å². The first-order valence-corrected chi connectivity index (χ1v) is 7.64. The molecule has 1 aromatic heterocycles. The van der Waals surface area contributed by atoms with E-state index in [1.54, 1.807) is 17.0 Å². The van der Waals surface area contributed by atoms with Crippen LogP contribution in [0.4, 0.5) is 0 Å². The molecule has 0 aliphatic carbocycles. The molecule has 0 bridgehead atoms. The molecule has 6 heteroatoms. The summed E-state index contributed by atoms with van der Waals surface area (Å²) in [6.07, 6.45) is 2.04. The molecule has 0 N–H and O–H groups in total. The molecule has 2 heterocycles. The number of nitrogens with zero attached hydrogens (tertiary/aromatic N) is 3. The van der Waals surface area contributed by atoms with Crippen LogP contribution in [0.5, 0.6) is 0 Å². The van der Waals surface area contributed by atoms with E-state index in [0.29, 0.717) is 10.7 Å². The first-order chi connectivity index (χ1) is 10.6. The Kier molecular flexibility index (Phi) is 4.24. The molecule has 1 saturated heterocycles. The number of likely N-dealkylation sites (tertiary alicyclic amines) is 1. The molecule has 0 radical (unpaired) electrons. The van der Waals surface area contributed by atoms with Crippen LogP contribution in [0.1, 0.15) is 12.8 Å². The Bertz CT molecular complexity index is 751. The standard InChI is InChI=1S/C16H16ClN3O2/c17-13-6-2-1-5-12(13)14-7-8-15(21)20(18-14)11-16(22)19-9-3-4-10-19/h1-2,5-8H,3-4,9-11H2. The molecule has 22 heavy (non-hydrogen) atoms. The lowest BCUT2D eigenvalue weighted by Gasteiger charge is -2.15. The Morgan fingerprint density at radius 2 is 1.86 bits per heavy atom. The fourth-order valence-electron chi connectivity index (χ4n) is 2.57. The van der Waals surface area contributed by atoms with Gasteiger partial charge in [0.15, 0.2) is 0 Å². The molecule has 0 spiro atoms. The molecule has 3 rings (SSSR count). The minimum absolute atomic E-state index is 0.0306. The smallest absolute Gasteiger partial charge is 0.267 e. The van der Waals surface area contributed by atoms with Crippen molar-refractivity contribution in [3.8, 4) is 11.3 Å². The summed E-state index contributed by atoms with van der Waals surface area (Å²) in [6.45, 7) is 1.49. The number of halogens is 1. The van der Waals surface area contributed by atoms with Crippen molar-refractivity contribution >= 4 is 17.5 Å². The van der Waals surface area contributed by atoms with Gasteiger partial charge >= 0.3 is 0 Å². The molecule has 114 valence electrons. The second-order valence-electron chi connectivity index (χ2n) is 5.28. The zero-order valence-corrected chi connectivity index (χ0v) is 12.8. The summed E-state index contributed by atoms with van der Waals surface area (Å²) >= 11 is 6.16. The summed E-state index contributed by atoms with van der Waals surface area (Å²) in [7, 11) is 0. The monoisotopic (exact) mass is 317 g/mol. The van der Waals surface area contributed by atoms with Crippen molar-refractivity contribution in [1.82, 2.24) is 14.7 Å². The van der Waals surface area contributed by atoms with E-state index < -0.39 is 0 Å². The predicted octanol–water partition coefficient (Wildman–Crippen LogP) is 2.19. The van der Waals surface area contributed by atoms with Crippen LogP contribution in [0, 0.1) is 0 Å². The highest BCUT2D eigenvalue weighted by Gasteiger charge is 2.19. The third kappa shape index (κ3) is 3.04. The number of hydrogen-bond donors (Lipinski definition) is 0. The largest absolute Gasteiger partial charge is 0.341 e.